The van der Waals surface area contributed by atoms with E-state index in [0.717, 1.165) is 0 Å². The zero-order valence-corrected chi connectivity index (χ0v) is 5.18. The summed E-state index contributed by atoms with van der Waals surface area (Å²) in [5, 5.41) is 8.71. The summed E-state index contributed by atoms with van der Waals surface area (Å²) in [5.41, 5.74) is 0.924. The second-order valence-corrected chi connectivity index (χ2v) is 1.79. The summed E-state index contributed by atoms with van der Waals surface area (Å²) < 4.78 is 14.6. The smallest absolute Gasteiger partial charge is 0.0844 e. The third kappa shape index (κ3) is 1.50. The van der Waals surface area contributed by atoms with Gasteiger partial charge in [0.1, 0.15) is 0 Å². The molecular formula is C7H9NO. The lowest BCUT2D eigenvalue weighted by Gasteiger charge is -1.93. The van der Waals surface area contributed by atoms with Crippen molar-refractivity contribution < 1.29 is 7.85 Å². The topological polar surface area (TPSA) is 33.1 Å². The zero-order chi connectivity index (χ0) is 8.43. The molecule has 0 saturated carbocycles. The molecule has 0 aliphatic heterocycles. The standard InChI is InChI=1S/C7H9NO/c1-6-2-3-7(5-9)4-8-6/h2-4,9H,5H2,1H3/i3D,4D. The van der Waals surface area contributed by atoms with Crippen LogP contribution in [0.15, 0.2) is 18.3 Å². The van der Waals surface area contributed by atoms with Crippen molar-refractivity contribution in [3.05, 3.63) is 29.5 Å². The molecule has 0 bridgehead atoms. The molecule has 9 heavy (non-hydrogen) atoms. The van der Waals surface area contributed by atoms with Gasteiger partial charge in [0.25, 0.3) is 0 Å². The van der Waals surface area contributed by atoms with Crippen LogP contribution in [0.1, 0.15) is 14.0 Å². The van der Waals surface area contributed by atoms with Gasteiger partial charge in [0.05, 0.1) is 9.35 Å². The molecule has 0 aliphatic rings. The van der Waals surface area contributed by atoms with E-state index in [1.807, 2.05) is 0 Å². The molecule has 1 aromatic heterocycles. The van der Waals surface area contributed by atoms with E-state index in [9.17, 15) is 0 Å². The van der Waals surface area contributed by atoms with Crippen LogP contribution in [0.4, 0.5) is 0 Å². The number of pyridine rings is 1. The van der Waals surface area contributed by atoms with E-state index in [1.165, 1.54) is 6.07 Å². The van der Waals surface area contributed by atoms with Gasteiger partial charge in [0.15, 0.2) is 0 Å². The SMILES string of the molecule is [2H]c1cc(C)nc([2H])c1CO. The van der Waals surface area contributed by atoms with Crippen LogP contribution in [0.3, 0.4) is 0 Å². The van der Waals surface area contributed by atoms with Gasteiger partial charge >= 0.3 is 0 Å². The molecule has 0 unspecified atom stereocenters. The monoisotopic (exact) mass is 125 g/mol. The van der Waals surface area contributed by atoms with Gasteiger partial charge in [-0.1, -0.05) is 6.04 Å². The van der Waals surface area contributed by atoms with Gasteiger partial charge < -0.3 is 5.11 Å². The first kappa shape index (κ1) is 4.01. The van der Waals surface area contributed by atoms with Crippen molar-refractivity contribution in [2.24, 2.45) is 0 Å². The van der Waals surface area contributed by atoms with Gasteiger partial charge in [-0.2, -0.15) is 0 Å². The van der Waals surface area contributed by atoms with Crippen molar-refractivity contribution in [3.63, 3.8) is 0 Å². The molecule has 0 aromatic carbocycles. The average molecular weight is 125 g/mol. The van der Waals surface area contributed by atoms with E-state index < -0.39 is 0 Å². The first-order chi connectivity index (χ1) is 5.15. The Morgan fingerprint density at radius 1 is 1.89 bits per heavy atom. The molecule has 0 amide bonds. The number of nitrogens with zero attached hydrogens (tertiary/aromatic N) is 1. The molecule has 1 heterocycles. The predicted octanol–water partition coefficient (Wildman–Crippen LogP) is 0.882. The van der Waals surface area contributed by atoms with Crippen LogP contribution in [-0.2, 0) is 6.61 Å². The molecule has 2 nitrogen and oxygen atoms in total. The van der Waals surface area contributed by atoms with Gasteiger partial charge in [-0.25, -0.2) is 0 Å². The molecule has 1 rings (SSSR count). The van der Waals surface area contributed by atoms with Crippen molar-refractivity contribution in [1.29, 1.82) is 0 Å². The highest BCUT2D eigenvalue weighted by Crippen LogP contribution is 1.97. The minimum absolute atomic E-state index is 0.00231. The molecule has 0 radical (unpaired) electrons. The lowest BCUT2D eigenvalue weighted by atomic mass is 10.3. The van der Waals surface area contributed by atoms with Crippen LogP contribution in [0.25, 0.3) is 0 Å². The highest BCUT2D eigenvalue weighted by molar-refractivity contribution is 5.11. The molecule has 0 spiro atoms. The fraction of sp³-hybridized carbons (Fsp3) is 0.286. The molecule has 0 atom stereocenters. The van der Waals surface area contributed by atoms with Crippen molar-refractivity contribution in [1.82, 2.24) is 4.98 Å². The third-order valence-corrected chi connectivity index (χ3v) is 0.981. The summed E-state index contributed by atoms with van der Waals surface area (Å²) in [6.07, 6.45) is -0.00231. The fourth-order valence-corrected chi connectivity index (χ4v) is 0.493. The number of aryl methyl sites for hydroxylation is 1. The molecule has 1 aromatic rings. The molecule has 48 valence electrons. The Morgan fingerprint density at radius 2 is 2.67 bits per heavy atom. The summed E-state index contributed by atoms with van der Waals surface area (Å²) in [5.74, 6) is 0. The zero-order valence-electron chi connectivity index (χ0n) is 7.18. The second kappa shape index (κ2) is 2.60. The van der Waals surface area contributed by atoms with E-state index in [1.54, 1.807) is 6.92 Å². The van der Waals surface area contributed by atoms with Crippen LogP contribution in [-0.4, -0.2) is 10.1 Å². The fourth-order valence-electron chi connectivity index (χ4n) is 0.493. The van der Waals surface area contributed by atoms with Gasteiger partial charge in [-0.3, -0.25) is 4.98 Å². The molecule has 1 N–H and O–H groups in total. The number of aliphatic hydroxyl groups excluding tert-OH is 1. The Hall–Kier alpha value is -0.890. The van der Waals surface area contributed by atoms with Crippen molar-refractivity contribution >= 4 is 0 Å². The number of hydrogen-bond acceptors (Lipinski definition) is 2. The van der Waals surface area contributed by atoms with E-state index in [0.29, 0.717) is 5.69 Å². The summed E-state index contributed by atoms with van der Waals surface area (Å²) in [6, 6.07) is 1.72. The summed E-state index contributed by atoms with van der Waals surface area (Å²) in [6.45, 7) is 1.43. The minimum atomic E-state index is -0.287. The Kier molecular flexibility index (Phi) is 1.16. The molecule has 2 heteroatoms. The van der Waals surface area contributed by atoms with Gasteiger partial charge in [-0.05, 0) is 18.6 Å². The largest absolute Gasteiger partial charge is 0.392 e. The Balaban J connectivity index is 3.25. The van der Waals surface area contributed by atoms with E-state index in [2.05, 4.69) is 4.98 Å². The Bertz CT molecular complexity index is 252. The molecular weight excluding hydrogens is 114 g/mol. The Morgan fingerprint density at radius 3 is 3.22 bits per heavy atom. The van der Waals surface area contributed by atoms with Gasteiger partial charge in [-0.15, -0.1) is 0 Å². The van der Waals surface area contributed by atoms with Crippen molar-refractivity contribution in [3.8, 4) is 0 Å². The van der Waals surface area contributed by atoms with Crippen molar-refractivity contribution in [2.45, 2.75) is 13.5 Å². The maximum absolute atomic E-state index is 8.71. The maximum Gasteiger partial charge on any atom is 0.0844 e. The Labute approximate surface area is 57.0 Å². The maximum atomic E-state index is 8.71. The number of aromatic nitrogens is 1. The number of hydrogen-bond donors (Lipinski definition) is 1. The molecule has 0 saturated heterocycles. The first-order valence-corrected chi connectivity index (χ1v) is 2.69. The van der Waals surface area contributed by atoms with Crippen molar-refractivity contribution in [2.75, 3.05) is 0 Å². The van der Waals surface area contributed by atoms with Crippen LogP contribution in [0.2, 0.25) is 0 Å². The van der Waals surface area contributed by atoms with Gasteiger partial charge in [0, 0.05) is 11.9 Å². The van der Waals surface area contributed by atoms with Crippen LogP contribution < -0.4 is 0 Å². The summed E-state index contributed by atoms with van der Waals surface area (Å²) in [7, 11) is 0. The number of aliphatic hydroxyl groups is 1. The van der Waals surface area contributed by atoms with Crippen LogP contribution in [0.5, 0.6) is 0 Å². The highest BCUT2D eigenvalue weighted by atomic mass is 16.3. The highest BCUT2D eigenvalue weighted by Gasteiger charge is 1.87. The van der Waals surface area contributed by atoms with Gasteiger partial charge in [0.2, 0.25) is 0 Å². The third-order valence-electron chi connectivity index (χ3n) is 0.981. The summed E-state index contributed by atoms with van der Waals surface area (Å²) in [4.78, 5) is 3.79. The predicted molar refractivity (Wildman–Crippen MR) is 34.9 cm³/mol. The van der Waals surface area contributed by atoms with Crippen LogP contribution in [0, 0.1) is 6.92 Å². The quantitative estimate of drug-likeness (QED) is 0.604. The minimum Gasteiger partial charge on any atom is -0.392 e. The van der Waals surface area contributed by atoms with E-state index in [4.69, 9.17) is 7.85 Å². The van der Waals surface area contributed by atoms with Crippen LogP contribution >= 0.6 is 0 Å². The molecule has 0 fully saturated rings. The van der Waals surface area contributed by atoms with E-state index in [-0.39, 0.29) is 24.4 Å². The van der Waals surface area contributed by atoms with E-state index >= 15 is 0 Å². The first-order valence-electron chi connectivity index (χ1n) is 3.69. The summed E-state index contributed by atoms with van der Waals surface area (Å²) >= 11 is 0. The second-order valence-electron chi connectivity index (χ2n) is 1.79. The average Bonchev–Trinajstić information content (AvgIpc) is 1.85. The number of rotatable bonds is 1. The lowest BCUT2D eigenvalue weighted by molar-refractivity contribution is 0.281. The lowest BCUT2D eigenvalue weighted by Crippen LogP contribution is -1.85. The molecule has 0 aliphatic carbocycles. The normalized spacial score (nSPS) is 12.7.